The molecule has 0 saturated carbocycles. The lowest BCUT2D eigenvalue weighted by molar-refractivity contribution is -0.117. The standard InChI is InChI=1S/C20H17F2N5O4S/c21-11-3-4-13(22)14(8-11)23-16(28)10-26-20(30)27-15-5-7-32-17(15)18(29)25(19(27)24-26)9-12-2-1-6-31-12/h3-5,7-8,12H,1-2,6,9-10H2,(H,23,28)/t12-/m1/s1. The van der Waals surface area contributed by atoms with Crippen molar-refractivity contribution in [2.24, 2.45) is 0 Å². The van der Waals surface area contributed by atoms with Crippen LogP contribution < -0.4 is 16.6 Å². The van der Waals surface area contributed by atoms with Crippen LogP contribution in [0.4, 0.5) is 14.5 Å². The molecule has 12 heteroatoms. The molecule has 1 atom stereocenters. The molecule has 32 heavy (non-hydrogen) atoms. The van der Waals surface area contributed by atoms with Gasteiger partial charge in [-0.15, -0.1) is 16.4 Å². The van der Waals surface area contributed by atoms with Crippen LogP contribution >= 0.6 is 11.3 Å². The molecule has 1 fully saturated rings. The summed E-state index contributed by atoms with van der Waals surface area (Å²) < 4.78 is 36.8. The SMILES string of the molecule is O=C(Cn1nc2n(C[C@H]3CCCO3)c(=O)c3sccc3n2c1=O)Nc1cc(F)ccc1F. The first-order valence-electron chi connectivity index (χ1n) is 9.88. The second kappa shape index (κ2) is 7.95. The second-order valence-corrected chi connectivity index (χ2v) is 8.35. The van der Waals surface area contributed by atoms with Crippen molar-refractivity contribution in [1.29, 1.82) is 0 Å². The number of carbonyl (C=O) groups is 1. The maximum absolute atomic E-state index is 13.8. The minimum absolute atomic E-state index is 0.0890. The molecule has 1 saturated heterocycles. The highest BCUT2D eigenvalue weighted by molar-refractivity contribution is 7.17. The number of hydrogen-bond donors (Lipinski definition) is 1. The van der Waals surface area contributed by atoms with Crippen LogP contribution in [0.15, 0.2) is 39.2 Å². The smallest absolute Gasteiger partial charge is 0.352 e. The summed E-state index contributed by atoms with van der Waals surface area (Å²) in [6.45, 7) is 0.290. The number of hydrogen-bond acceptors (Lipinski definition) is 6. The molecule has 0 radical (unpaired) electrons. The number of carbonyl (C=O) groups excluding carboxylic acids is 1. The van der Waals surface area contributed by atoms with Gasteiger partial charge in [-0.3, -0.25) is 14.2 Å². The lowest BCUT2D eigenvalue weighted by Gasteiger charge is -2.12. The van der Waals surface area contributed by atoms with Crippen LogP contribution in [-0.2, 0) is 22.6 Å². The zero-order chi connectivity index (χ0) is 22.4. The summed E-state index contributed by atoms with van der Waals surface area (Å²) in [6.07, 6.45) is 1.50. The van der Waals surface area contributed by atoms with Crippen molar-refractivity contribution < 1.29 is 18.3 Å². The van der Waals surface area contributed by atoms with E-state index in [2.05, 4.69) is 10.4 Å². The first-order valence-corrected chi connectivity index (χ1v) is 10.8. The van der Waals surface area contributed by atoms with Crippen molar-refractivity contribution in [1.82, 2.24) is 18.7 Å². The highest BCUT2D eigenvalue weighted by Gasteiger charge is 2.23. The maximum Gasteiger partial charge on any atom is 0.352 e. The largest absolute Gasteiger partial charge is 0.376 e. The zero-order valence-corrected chi connectivity index (χ0v) is 17.4. The van der Waals surface area contributed by atoms with E-state index in [9.17, 15) is 23.2 Å². The summed E-state index contributed by atoms with van der Waals surface area (Å²) in [5.41, 5.74) is -0.866. The van der Waals surface area contributed by atoms with Gasteiger partial charge in [0, 0.05) is 12.7 Å². The number of nitrogens with one attached hydrogen (secondary N) is 1. The number of thiophene rings is 1. The molecule has 0 spiro atoms. The van der Waals surface area contributed by atoms with E-state index in [1.807, 2.05) is 0 Å². The predicted molar refractivity (Wildman–Crippen MR) is 113 cm³/mol. The van der Waals surface area contributed by atoms with Crippen LogP contribution in [0.3, 0.4) is 0 Å². The predicted octanol–water partition coefficient (Wildman–Crippen LogP) is 1.97. The maximum atomic E-state index is 13.8. The van der Waals surface area contributed by atoms with Crippen molar-refractivity contribution in [2.45, 2.75) is 32.0 Å². The molecule has 4 heterocycles. The van der Waals surface area contributed by atoms with E-state index < -0.39 is 29.8 Å². The molecule has 0 bridgehead atoms. The van der Waals surface area contributed by atoms with Crippen LogP contribution in [0.2, 0.25) is 0 Å². The minimum Gasteiger partial charge on any atom is -0.376 e. The third-order valence-electron chi connectivity index (χ3n) is 5.29. The third kappa shape index (κ3) is 3.50. The zero-order valence-electron chi connectivity index (χ0n) is 16.6. The Hall–Kier alpha value is -3.38. The molecule has 5 rings (SSSR count). The number of halogens is 2. The number of anilines is 1. The molecule has 166 valence electrons. The lowest BCUT2D eigenvalue weighted by Crippen LogP contribution is -2.30. The quantitative estimate of drug-likeness (QED) is 0.490. The monoisotopic (exact) mass is 461 g/mol. The van der Waals surface area contributed by atoms with E-state index in [1.54, 1.807) is 11.4 Å². The van der Waals surface area contributed by atoms with Gasteiger partial charge < -0.3 is 10.1 Å². The van der Waals surface area contributed by atoms with E-state index in [0.717, 1.165) is 35.7 Å². The Bertz CT molecular complexity index is 1460. The van der Waals surface area contributed by atoms with Crippen LogP contribution in [-0.4, -0.2) is 37.4 Å². The average Bonchev–Trinajstić information content (AvgIpc) is 3.49. The van der Waals surface area contributed by atoms with E-state index in [-0.39, 0.29) is 29.7 Å². The summed E-state index contributed by atoms with van der Waals surface area (Å²) in [4.78, 5) is 38.5. The Morgan fingerprint density at radius 1 is 1.28 bits per heavy atom. The average molecular weight is 461 g/mol. The van der Waals surface area contributed by atoms with Gasteiger partial charge in [-0.25, -0.2) is 22.7 Å². The van der Waals surface area contributed by atoms with E-state index in [1.165, 1.54) is 20.3 Å². The normalized spacial score (nSPS) is 16.2. The number of nitrogens with zero attached hydrogens (tertiary/aromatic N) is 4. The fourth-order valence-electron chi connectivity index (χ4n) is 3.81. The first kappa shape index (κ1) is 20.5. The number of fused-ring (bicyclic) bond motifs is 3. The van der Waals surface area contributed by atoms with Crippen LogP contribution in [0.25, 0.3) is 16.0 Å². The van der Waals surface area contributed by atoms with Crippen molar-refractivity contribution in [3.63, 3.8) is 0 Å². The Labute approximate surface area is 182 Å². The summed E-state index contributed by atoms with van der Waals surface area (Å²) in [5.74, 6) is -2.21. The molecule has 9 nitrogen and oxygen atoms in total. The van der Waals surface area contributed by atoms with Crippen molar-refractivity contribution in [3.05, 3.63) is 62.1 Å². The third-order valence-corrected chi connectivity index (χ3v) is 6.19. The lowest BCUT2D eigenvalue weighted by atomic mass is 10.2. The van der Waals surface area contributed by atoms with Gasteiger partial charge in [0.1, 0.15) is 22.9 Å². The molecular formula is C20H17F2N5O4S. The Morgan fingerprint density at radius 3 is 2.91 bits per heavy atom. The number of amides is 1. The number of rotatable bonds is 5. The number of benzene rings is 1. The van der Waals surface area contributed by atoms with Crippen LogP contribution in [0, 0.1) is 11.6 Å². The van der Waals surface area contributed by atoms with Gasteiger partial charge in [0.25, 0.3) is 5.56 Å². The van der Waals surface area contributed by atoms with Crippen LogP contribution in [0.5, 0.6) is 0 Å². The van der Waals surface area contributed by atoms with Gasteiger partial charge in [0.15, 0.2) is 0 Å². The molecule has 1 aliphatic heterocycles. The Morgan fingerprint density at radius 2 is 2.12 bits per heavy atom. The van der Waals surface area contributed by atoms with Gasteiger partial charge in [-0.05, 0) is 36.4 Å². The summed E-state index contributed by atoms with van der Waals surface area (Å²) in [7, 11) is 0. The molecule has 4 aromatic rings. The molecule has 1 amide bonds. The first-order chi connectivity index (χ1) is 15.4. The molecular weight excluding hydrogens is 444 g/mol. The fourth-order valence-corrected chi connectivity index (χ4v) is 4.64. The topological polar surface area (TPSA) is 99.6 Å². The summed E-state index contributed by atoms with van der Waals surface area (Å²) in [6, 6.07) is 4.30. The van der Waals surface area contributed by atoms with E-state index in [0.29, 0.717) is 16.8 Å². The second-order valence-electron chi connectivity index (χ2n) is 7.43. The Balaban J connectivity index is 1.55. The van der Waals surface area contributed by atoms with E-state index >= 15 is 0 Å². The van der Waals surface area contributed by atoms with Crippen LogP contribution in [0.1, 0.15) is 12.8 Å². The van der Waals surface area contributed by atoms with Gasteiger partial charge in [0.05, 0.1) is 23.9 Å². The summed E-state index contributed by atoms with van der Waals surface area (Å²) >= 11 is 1.21. The minimum atomic E-state index is -0.813. The number of aromatic nitrogens is 4. The highest BCUT2D eigenvalue weighted by atomic mass is 32.1. The summed E-state index contributed by atoms with van der Waals surface area (Å²) in [5, 5.41) is 8.16. The molecule has 0 aliphatic carbocycles. The molecule has 3 aromatic heterocycles. The molecule has 1 aliphatic rings. The van der Waals surface area contributed by atoms with Gasteiger partial charge >= 0.3 is 5.69 Å². The van der Waals surface area contributed by atoms with Crippen molar-refractivity contribution in [2.75, 3.05) is 11.9 Å². The fraction of sp³-hybridized carbons (Fsp3) is 0.300. The van der Waals surface area contributed by atoms with Crippen molar-refractivity contribution >= 4 is 38.9 Å². The molecule has 1 aromatic carbocycles. The highest BCUT2D eigenvalue weighted by Crippen LogP contribution is 2.20. The van der Waals surface area contributed by atoms with Gasteiger partial charge in [0.2, 0.25) is 11.7 Å². The van der Waals surface area contributed by atoms with Crippen molar-refractivity contribution in [3.8, 4) is 0 Å². The van der Waals surface area contributed by atoms with Gasteiger partial charge in [-0.2, -0.15) is 0 Å². The van der Waals surface area contributed by atoms with E-state index in [4.69, 9.17) is 4.74 Å². The number of ether oxygens (including phenoxy) is 1. The Kier molecular flexibility index (Phi) is 5.10. The van der Waals surface area contributed by atoms with Gasteiger partial charge in [-0.1, -0.05) is 0 Å². The molecule has 0 unspecified atom stereocenters. The molecule has 1 N–H and O–H groups in total.